The predicted molar refractivity (Wildman–Crippen MR) is 76.3 cm³/mol. The molecule has 134 valence electrons. The smallest absolute Gasteiger partial charge is 0.303 e. The van der Waals surface area contributed by atoms with Crippen molar-refractivity contribution in [2.24, 2.45) is 5.11 Å². The summed E-state index contributed by atoms with van der Waals surface area (Å²) >= 11 is 0. The van der Waals surface area contributed by atoms with Crippen LogP contribution in [0.3, 0.4) is 0 Å². The summed E-state index contributed by atoms with van der Waals surface area (Å²) in [6.07, 6.45) is -4.37. The maximum absolute atomic E-state index is 11.4. The van der Waals surface area contributed by atoms with Crippen LogP contribution in [0.5, 0.6) is 0 Å². The molecule has 0 saturated carbocycles. The summed E-state index contributed by atoms with van der Waals surface area (Å²) in [5, 5.41) is 3.51. The number of esters is 3. The van der Waals surface area contributed by atoms with Crippen LogP contribution in [0.4, 0.5) is 0 Å². The fraction of sp³-hybridized carbons (Fsp3) is 0.769. The summed E-state index contributed by atoms with van der Waals surface area (Å²) in [4.78, 5) is 36.5. The molecule has 0 spiro atoms. The van der Waals surface area contributed by atoms with Gasteiger partial charge in [-0.25, -0.2) is 0 Å². The highest BCUT2D eigenvalue weighted by atomic mass is 16.7. The first kappa shape index (κ1) is 19.7. The van der Waals surface area contributed by atoms with E-state index in [0.29, 0.717) is 0 Å². The van der Waals surface area contributed by atoms with Crippen LogP contribution in [0.1, 0.15) is 20.8 Å². The predicted octanol–water partition coefficient (Wildman–Crippen LogP) is 0.463. The van der Waals surface area contributed by atoms with E-state index in [0.717, 1.165) is 13.8 Å². The normalized spacial score (nSPS) is 29.1. The molecule has 1 saturated heterocycles. The first-order valence-electron chi connectivity index (χ1n) is 7.00. The van der Waals surface area contributed by atoms with Crippen LogP contribution in [-0.2, 0) is 38.1 Å². The average molecular weight is 345 g/mol. The molecule has 0 unspecified atom stereocenters. The van der Waals surface area contributed by atoms with Crippen molar-refractivity contribution in [2.45, 2.75) is 51.4 Å². The third kappa shape index (κ3) is 5.37. The lowest BCUT2D eigenvalue weighted by Gasteiger charge is -2.42. The summed E-state index contributed by atoms with van der Waals surface area (Å²) in [7, 11) is 1.30. The van der Waals surface area contributed by atoms with Crippen LogP contribution in [0.15, 0.2) is 5.11 Å². The second-order valence-electron chi connectivity index (χ2n) is 4.92. The molecule has 0 aliphatic carbocycles. The first-order valence-corrected chi connectivity index (χ1v) is 7.00. The van der Waals surface area contributed by atoms with Crippen molar-refractivity contribution in [3.05, 3.63) is 10.4 Å². The number of rotatable bonds is 6. The van der Waals surface area contributed by atoms with Gasteiger partial charge >= 0.3 is 17.9 Å². The highest BCUT2D eigenvalue weighted by Crippen LogP contribution is 2.29. The van der Waals surface area contributed by atoms with Gasteiger partial charge in [-0.15, -0.1) is 0 Å². The molecule has 0 radical (unpaired) electrons. The Morgan fingerprint density at radius 3 is 2.12 bits per heavy atom. The monoisotopic (exact) mass is 345 g/mol. The van der Waals surface area contributed by atoms with Gasteiger partial charge in [-0.05, 0) is 5.53 Å². The minimum atomic E-state index is -1.17. The molecule has 1 fully saturated rings. The lowest BCUT2D eigenvalue weighted by atomic mass is 9.97. The van der Waals surface area contributed by atoms with Gasteiger partial charge in [0.15, 0.2) is 18.5 Å². The van der Waals surface area contributed by atoms with Crippen LogP contribution in [0.25, 0.3) is 10.4 Å². The van der Waals surface area contributed by atoms with Gasteiger partial charge in [-0.1, -0.05) is 5.11 Å². The second kappa shape index (κ2) is 9.06. The van der Waals surface area contributed by atoms with Crippen molar-refractivity contribution < 1.29 is 38.1 Å². The minimum Gasteiger partial charge on any atom is -0.463 e. The lowest BCUT2D eigenvalue weighted by Crippen LogP contribution is -2.61. The molecule has 0 bridgehead atoms. The third-order valence-electron chi connectivity index (χ3n) is 3.09. The van der Waals surface area contributed by atoms with Crippen molar-refractivity contribution in [1.29, 1.82) is 0 Å². The molecule has 0 aromatic carbocycles. The Labute approximate surface area is 137 Å². The third-order valence-corrected chi connectivity index (χ3v) is 3.09. The molecule has 11 nitrogen and oxygen atoms in total. The fourth-order valence-electron chi connectivity index (χ4n) is 2.26. The van der Waals surface area contributed by atoms with E-state index in [4.69, 9.17) is 29.2 Å². The number of carbonyl (C=O) groups excluding carboxylic acids is 3. The van der Waals surface area contributed by atoms with Crippen LogP contribution < -0.4 is 0 Å². The fourth-order valence-corrected chi connectivity index (χ4v) is 2.26. The van der Waals surface area contributed by atoms with Gasteiger partial charge in [0.05, 0.1) is 0 Å². The quantitative estimate of drug-likeness (QED) is 0.222. The molecule has 1 rings (SSSR count). The second-order valence-corrected chi connectivity index (χ2v) is 4.92. The van der Waals surface area contributed by atoms with Gasteiger partial charge in [0.1, 0.15) is 18.8 Å². The lowest BCUT2D eigenvalue weighted by molar-refractivity contribution is -0.267. The van der Waals surface area contributed by atoms with Gasteiger partial charge in [-0.2, -0.15) is 0 Å². The Hall–Kier alpha value is -2.36. The molecule has 0 amide bonds. The summed E-state index contributed by atoms with van der Waals surface area (Å²) in [6, 6.07) is -1.10. The molecular weight excluding hydrogens is 326 g/mol. The number of hydrogen-bond donors (Lipinski definition) is 0. The SMILES string of the molecule is CO[C@H]1O[C@H](COC(C)=O)[C@@H](OC(C)=O)[C@H](OC(C)=O)[C@H]1N=[N+]=[N-]. The minimum absolute atomic E-state index is 0.270. The Balaban J connectivity index is 3.18. The van der Waals surface area contributed by atoms with Crippen LogP contribution >= 0.6 is 0 Å². The summed E-state index contributed by atoms with van der Waals surface area (Å²) in [6.45, 7) is 3.23. The molecule has 11 heteroatoms. The average Bonchev–Trinajstić information content (AvgIpc) is 2.48. The zero-order valence-corrected chi connectivity index (χ0v) is 13.7. The first-order chi connectivity index (χ1) is 11.3. The Morgan fingerprint density at radius 2 is 1.67 bits per heavy atom. The zero-order chi connectivity index (χ0) is 18.3. The van der Waals surface area contributed by atoms with E-state index >= 15 is 0 Å². The van der Waals surface area contributed by atoms with Gasteiger partial charge in [-0.3, -0.25) is 14.4 Å². The van der Waals surface area contributed by atoms with Crippen molar-refractivity contribution in [3.63, 3.8) is 0 Å². The number of nitrogens with zero attached hydrogens (tertiary/aromatic N) is 3. The number of carbonyl (C=O) groups is 3. The van der Waals surface area contributed by atoms with Gasteiger partial charge in [0, 0.05) is 32.8 Å². The summed E-state index contributed by atoms with van der Waals surface area (Å²) in [5.74, 6) is -1.93. The summed E-state index contributed by atoms with van der Waals surface area (Å²) in [5.41, 5.74) is 8.72. The van der Waals surface area contributed by atoms with Crippen molar-refractivity contribution in [3.8, 4) is 0 Å². The van der Waals surface area contributed by atoms with E-state index in [-0.39, 0.29) is 6.61 Å². The van der Waals surface area contributed by atoms with Crippen molar-refractivity contribution in [1.82, 2.24) is 0 Å². The molecule has 1 aliphatic heterocycles. The van der Waals surface area contributed by atoms with Crippen LogP contribution in [0.2, 0.25) is 0 Å². The molecule has 24 heavy (non-hydrogen) atoms. The van der Waals surface area contributed by atoms with E-state index in [2.05, 4.69) is 10.0 Å². The molecule has 0 aromatic heterocycles. The summed E-state index contributed by atoms with van der Waals surface area (Å²) < 4.78 is 25.8. The maximum atomic E-state index is 11.4. The number of methoxy groups -OCH3 is 1. The molecule has 1 heterocycles. The Bertz CT molecular complexity index is 533. The maximum Gasteiger partial charge on any atom is 0.303 e. The molecule has 0 N–H and O–H groups in total. The Kier molecular flexibility index (Phi) is 7.43. The van der Waals surface area contributed by atoms with E-state index in [1.54, 1.807) is 0 Å². The zero-order valence-electron chi connectivity index (χ0n) is 13.7. The molecule has 0 aromatic rings. The van der Waals surface area contributed by atoms with E-state index < -0.39 is 48.6 Å². The largest absolute Gasteiger partial charge is 0.463 e. The highest BCUT2D eigenvalue weighted by Gasteiger charge is 2.50. The number of azide groups is 1. The van der Waals surface area contributed by atoms with Crippen molar-refractivity contribution in [2.75, 3.05) is 13.7 Å². The highest BCUT2D eigenvalue weighted by molar-refractivity contribution is 5.68. The van der Waals surface area contributed by atoms with Crippen LogP contribution in [0, 0.1) is 0 Å². The van der Waals surface area contributed by atoms with E-state index in [1.807, 2.05) is 0 Å². The van der Waals surface area contributed by atoms with E-state index in [9.17, 15) is 14.4 Å². The molecule has 5 atom stereocenters. The number of ether oxygens (including phenoxy) is 5. The molecule has 1 aliphatic rings. The number of hydrogen-bond acceptors (Lipinski definition) is 9. The van der Waals surface area contributed by atoms with Gasteiger partial charge in [0.2, 0.25) is 0 Å². The van der Waals surface area contributed by atoms with Crippen LogP contribution in [-0.4, -0.2) is 62.3 Å². The molecular formula is C13H19N3O8. The van der Waals surface area contributed by atoms with Gasteiger partial charge in [0.25, 0.3) is 0 Å². The van der Waals surface area contributed by atoms with Crippen molar-refractivity contribution >= 4 is 17.9 Å². The standard InChI is InChI=1S/C13H19N3O8/c1-6(17)21-5-9-11(22-7(2)18)12(23-8(3)19)10(15-16-14)13(20-4)24-9/h9-13H,5H2,1-4H3/t9-,10-,11-,12-,13+/m1/s1. The topological polar surface area (TPSA) is 146 Å². The van der Waals surface area contributed by atoms with Gasteiger partial charge < -0.3 is 23.7 Å². The Morgan fingerprint density at radius 1 is 1.08 bits per heavy atom. The van der Waals surface area contributed by atoms with E-state index in [1.165, 1.54) is 14.0 Å².